The molecule has 2 nitrogen and oxygen atoms in total. The Labute approximate surface area is 92.8 Å². The molecule has 0 rings (SSSR count). The van der Waals surface area contributed by atoms with Crippen LogP contribution in [0.5, 0.6) is 0 Å². The fourth-order valence-corrected chi connectivity index (χ4v) is 1.71. The molecule has 0 spiro atoms. The van der Waals surface area contributed by atoms with Crippen LogP contribution in [-0.4, -0.2) is 17.8 Å². The van der Waals surface area contributed by atoms with Crippen molar-refractivity contribution < 1.29 is 9.53 Å². The van der Waals surface area contributed by atoms with E-state index in [2.05, 4.69) is 19.6 Å². The SMILES string of the molecule is CCCCCCC(S)(CC)C(=O)OC. The van der Waals surface area contributed by atoms with E-state index >= 15 is 0 Å². The van der Waals surface area contributed by atoms with Gasteiger partial charge in [0, 0.05) is 0 Å². The minimum absolute atomic E-state index is 0.195. The fraction of sp³-hybridized carbons (Fsp3) is 0.909. The quantitative estimate of drug-likeness (QED) is 0.403. The second-order valence-corrected chi connectivity index (χ2v) is 4.54. The molecule has 84 valence electrons. The van der Waals surface area contributed by atoms with Crippen LogP contribution in [0.25, 0.3) is 0 Å². The highest BCUT2D eigenvalue weighted by Crippen LogP contribution is 2.27. The summed E-state index contributed by atoms with van der Waals surface area (Å²) >= 11 is 4.42. The molecule has 0 aliphatic heterocycles. The number of carbonyl (C=O) groups excluding carboxylic acids is 1. The molecule has 0 aromatic heterocycles. The van der Waals surface area contributed by atoms with Crippen molar-refractivity contribution in [3.05, 3.63) is 0 Å². The molecule has 0 saturated carbocycles. The number of ether oxygens (including phenoxy) is 1. The average Bonchev–Trinajstić information content (AvgIpc) is 2.22. The first-order valence-corrected chi connectivity index (χ1v) is 5.86. The Hall–Kier alpha value is -0.180. The maximum Gasteiger partial charge on any atom is 0.321 e. The maximum absolute atomic E-state index is 11.4. The van der Waals surface area contributed by atoms with Crippen molar-refractivity contribution in [2.75, 3.05) is 7.11 Å². The molecule has 0 aromatic carbocycles. The van der Waals surface area contributed by atoms with Gasteiger partial charge >= 0.3 is 5.97 Å². The number of unbranched alkanes of at least 4 members (excludes halogenated alkanes) is 3. The monoisotopic (exact) mass is 218 g/mol. The lowest BCUT2D eigenvalue weighted by Gasteiger charge is -2.23. The summed E-state index contributed by atoms with van der Waals surface area (Å²) < 4.78 is 4.18. The van der Waals surface area contributed by atoms with Crippen LogP contribution in [0.2, 0.25) is 0 Å². The number of hydrogen-bond donors (Lipinski definition) is 1. The molecule has 0 aliphatic carbocycles. The van der Waals surface area contributed by atoms with Crippen molar-refractivity contribution in [1.29, 1.82) is 0 Å². The van der Waals surface area contributed by atoms with Gasteiger partial charge in [-0.2, -0.15) is 12.6 Å². The summed E-state index contributed by atoms with van der Waals surface area (Å²) in [7, 11) is 1.43. The summed E-state index contributed by atoms with van der Waals surface area (Å²) in [6.45, 7) is 4.15. The molecule has 0 aromatic rings. The predicted octanol–water partition coefficient (Wildman–Crippen LogP) is 3.21. The first-order chi connectivity index (χ1) is 6.60. The van der Waals surface area contributed by atoms with Crippen molar-refractivity contribution in [3.63, 3.8) is 0 Å². The van der Waals surface area contributed by atoms with Gasteiger partial charge in [-0.25, -0.2) is 0 Å². The van der Waals surface area contributed by atoms with E-state index < -0.39 is 4.75 Å². The highest BCUT2D eigenvalue weighted by molar-refractivity contribution is 7.82. The molecule has 0 saturated heterocycles. The van der Waals surface area contributed by atoms with Gasteiger partial charge in [0.25, 0.3) is 0 Å². The Kier molecular flexibility index (Phi) is 7.06. The second-order valence-electron chi connectivity index (χ2n) is 3.69. The third-order valence-corrected chi connectivity index (χ3v) is 3.32. The van der Waals surface area contributed by atoms with Gasteiger partial charge in [-0.05, 0) is 12.8 Å². The number of rotatable bonds is 7. The second kappa shape index (κ2) is 7.16. The van der Waals surface area contributed by atoms with E-state index in [1.807, 2.05) is 6.92 Å². The lowest BCUT2D eigenvalue weighted by Crippen LogP contribution is -2.33. The zero-order valence-electron chi connectivity index (χ0n) is 9.51. The molecule has 3 heteroatoms. The number of carbonyl (C=O) groups is 1. The Morgan fingerprint density at radius 3 is 2.36 bits per heavy atom. The summed E-state index contributed by atoms with van der Waals surface area (Å²) in [6.07, 6.45) is 6.23. The number of esters is 1. The summed E-state index contributed by atoms with van der Waals surface area (Å²) in [4.78, 5) is 11.4. The largest absolute Gasteiger partial charge is 0.468 e. The molecular weight excluding hydrogens is 196 g/mol. The van der Waals surface area contributed by atoms with Crippen LogP contribution in [0.3, 0.4) is 0 Å². The lowest BCUT2D eigenvalue weighted by atomic mass is 9.97. The molecule has 0 aliphatic rings. The van der Waals surface area contributed by atoms with E-state index in [4.69, 9.17) is 4.74 Å². The van der Waals surface area contributed by atoms with Gasteiger partial charge in [0.05, 0.1) is 7.11 Å². The van der Waals surface area contributed by atoms with Crippen molar-refractivity contribution in [1.82, 2.24) is 0 Å². The summed E-state index contributed by atoms with van der Waals surface area (Å²) in [6, 6.07) is 0. The molecule has 1 unspecified atom stereocenters. The van der Waals surface area contributed by atoms with Gasteiger partial charge in [-0.1, -0.05) is 39.5 Å². The normalized spacial score (nSPS) is 14.9. The highest BCUT2D eigenvalue weighted by Gasteiger charge is 2.32. The Balaban J connectivity index is 3.93. The van der Waals surface area contributed by atoms with Crippen LogP contribution in [0.4, 0.5) is 0 Å². The third-order valence-electron chi connectivity index (χ3n) is 2.59. The summed E-state index contributed by atoms with van der Waals surface area (Å²) in [5, 5.41) is 0. The summed E-state index contributed by atoms with van der Waals surface area (Å²) in [5.41, 5.74) is 0. The smallest absolute Gasteiger partial charge is 0.321 e. The molecule has 0 fully saturated rings. The van der Waals surface area contributed by atoms with Crippen LogP contribution in [0.15, 0.2) is 0 Å². The Bertz CT molecular complexity index is 171. The van der Waals surface area contributed by atoms with Crippen molar-refractivity contribution in [2.24, 2.45) is 0 Å². The molecule has 0 bridgehead atoms. The van der Waals surface area contributed by atoms with Crippen molar-refractivity contribution in [2.45, 2.75) is 57.1 Å². The molecule has 0 radical (unpaired) electrons. The average molecular weight is 218 g/mol. The molecule has 0 N–H and O–H groups in total. The van der Waals surface area contributed by atoms with E-state index in [0.29, 0.717) is 0 Å². The van der Waals surface area contributed by atoms with E-state index in [9.17, 15) is 4.79 Å². The van der Waals surface area contributed by atoms with Gasteiger partial charge in [0.2, 0.25) is 0 Å². The molecule has 1 atom stereocenters. The molecule has 0 heterocycles. The maximum atomic E-state index is 11.4. The number of thiol groups is 1. The van der Waals surface area contributed by atoms with E-state index in [1.165, 1.54) is 26.4 Å². The van der Waals surface area contributed by atoms with Crippen LogP contribution in [0, 0.1) is 0 Å². The van der Waals surface area contributed by atoms with Crippen LogP contribution in [0.1, 0.15) is 52.4 Å². The summed E-state index contributed by atoms with van der Waals surface area (Å²) in [5.74, 6) is -0.195. The topological polar surface area (TPSA) is 26.3 Å². The first kappa shape index (κ1) is 13.8. The Morgan fingerprint density at radius 2 is 1.93 bits per heavy atom. The minimum Gasteiger partial charge on any atom is -0.468 e. The van der Waals surface area contributed by atoms with Crippen LogP contribution < -0.4 is 0 Å². The third kappa shape index (κ3) is 4.36. The number of methoxy groups -OCH3 is 1. The van der Waals surface area contributed by atoms with E-state index in [1.54, 1.807) is 0 Å². The fourth-order valence-electron chi connectivity index (χ4n) is 1.46. The van der Waals surface area contributed by atoms with Crippen molar-refractivity contribution in [3.8, 4) is 0 Å². The zero-order valence-corrected chi connectivity index (χ0v) is 10.4. The van der Waals surface area contributed by atoms with Gasteiger partial charge in [0.15, 0.2) is 0 Å². The minimum atomic E-state index is -0.567. The van der Waals surface area contributed by atoms with Crippen molar-refractivity contribution >= 4 is 18.6 Å². The molecule has 14 heavy (non-hydrogen) atoms. The zero-order chi connectivity index (χ0) is 11.0. The van der Waals surface area contributed by atoms with Gasteiger partial charge < -0.3 is 4.74 Å². The van der Waals surface area contributed by atoms with Crippen LogP contribution >= 0.6 is 12.6 Å². The first-order valence-electron chi connectivity index (χ1n) is 5.41. The van der Waals surface area contributed by atoms with E-state index in [-0.39, 0.29) is 5.97 Å². The lowest BCUT2D eigenvalue weighted by molar-refractivity contribution is -0.143. The predicted molar refractivity (Wildman–Crippen MR) is 62.8 cm³/mol. The van der Waals surface area contributed by atoms with Gasteiger partial charge in [-0.15, -0.1) is 0 Å². The molecular formula is C11H22O2S. The van der Waals surface area contributed by atoms with Gasteiger partial charge in [0.1, 0.15) is 4.75 Å². The van der Waals surface area contributed by atoms with Gasteiger partial charge in [-0.3, -0.25) is 4.79 Å². The Morgan fingerprint density at radius 1 is 1.29 bits per heavy atom. The van der Waals surface area contributed by atoms with Crippen LogP contribution in [-0.2, 0) is 9.53 Å². The van der Waals surface area contributed by atoms with E-state index in [0.717, 1.165) is 19.3 Å². The standard InChI is InChI=1S/C11H22O2S/c1-4-6-7-8-9-11(14,5-2)10(12)13-3/h14H,4-9H2,1-3H3. The molecule has 0 amide bonds. The number of hydrogen-bond acceptors (Lipinski definition) is 3. The highest BCUT2D eigenvalue weighted by atomic mass is 32.1.